The third kappa shape index (κ3) is 4.21. The van der Waals surface area contributed by atoms with E-state index < -0.39 is 0 Å². The van der Waals surface area contributed by atoms with Crippen molar-refractivity contribution in [2.24, 2.45) is 0 Å². The Kier molecular flexibility index (Phi) is 5.42. The molecular weight excluding hydrogens is 362 g/mol. The molecule has 29 heavy (non-hydrogen) atoms. The topological polar surface area (TPSA) is 71.0 Å². The summed E-state index contributed by atoms with van der Waals surface area (Å²) in [5, 5.41) is 4.29. The second-order valence-electron chi connectivity index (χ2n) is 6.60. The van der Waals surface area contributed by atoms with Gasteiger partial charge in [-0.1, -0.05) is 48.5 Å². The van der Waals surface area contributed by atoms with E-state index in [0.29, 0.717) is 24.6 Å². The third-order valence-electron chi connectivity index (χ3n) is 4.67. The van der Waals surface area contributed by atoms with Crippen LogP contribution in [0.4, 0.5) is 11.5 Å². The average molecular weight is 383 g/mol. The molecule has 2 aromatic carbocycles. The summed E-state index contributed by atoms with van der Waals surface area (Å²) in [4.78, 5) is 27.7. The van der Waals surface area contributed by atoms with Crippen molar-refractivity contribution in [3.05, 3.63) is 90.5 Å². The number of rotatable bonds is 6. The first-order valence-corrected chi connectivity index (χ1v) is 9.50. The number of aromatic nitrogens is 3. The van der Waals surface area contributed by atoms with Gasteiger partial charge in [-0.15, -0.1) is 0 Å². The van der Waals surface area contributed by atoms with E-state index >= 15 is 0 Å². The van der Waals surface area contributed by atoms with E-state index in [1.807, 2.05) is 67.6 Å². The zero-order valence-corrected chi connectivity index (χ0v) is 16.1. The van der Waals surface area contributed by atoms with Gasteiger partial charge in [-0.3, -0.25) is 9.78 Å². The number of nitrogens with one attached hydrogen (secondary N) is 1. The van der Waals surface area contributed by atoms with Crippen LogP contribution >= 0.6 is 0 Å². The highest BCUT2D eigenvalue weighted by atomic mass is 16.2. The van der Waals surface area contributed by atoms with Crippen LogP contribution in [0, 0.1) is 0 Å². The number of amides is 1. The van der Waals surface area contributed by atoms with Crippen LogP contribution in [0.1, 0.15) is 23.0 Å². The summed E-state index contributed by atoms with van der Waals surface area (Å²) in [5.41, 5.74) is 3.11. The number of carbonyl (C=O) groups excluding carboxylic acids is 1. The van der Waals surface area contributed by atoms with Crippen LogP contribution in [0.3, 0.4) is 0 Å². The molecule has 0 aliphatic heterocycles. The van der Waals surface area contributed by atoms with E-state index in [1.165, 1.54) is 6.33 Å². The second-order valence-corrected chi connectivity index (χ2v) is 6.60. The number of pyridine rings is 1. The molecule has 0 aliphatic carbocycles. The van der Waals surface area contributed by atoms with Crippen LogP contribution in [0.2, 0.25) is 0 Å². The molecule has 0 bridgehead atoms. The molecule has 1 amide bonds. The highest BCUT2D eigenvalue weighted by Gasteiger charge is 2.17. The lowest BCUT2D eigenvalue weighted by molar-refractivity contribution is 0.0746. The standard InChI is InChI=1S/C23H21N5O/c1-2-28(15-17-8-4-3-5-9-17)23(29)20-14-21(26-16-25-20)27-19-12-6-10-18-11-7-13-24-22(18)19/h3-14,16H,2,15H2,1H3,(H,25,26,27). The molecular formula is C23H21N5O. The Labute approximate surface area is 169 Å². The molecule has 144 valence electrons. The van der Waals surface area contributed by atoms with Gasteiger partial charge in [0.15, 0.2) is 0 Å². The van der Waals surface area contributed by atoms with Gasteiger partial charge in [0.05, 0.1) is 11.2 Å². The molecule has 0 aliphatic rings. The molecule has 0 radical (unpaired) electrons. The molecule has 1 N–H and O–H groups in total. The van der Waals surface area contributed by atoms with E-state index in [2.05, 4.69) is 20.3 Å². The number of para-hydroxylation sites is 1. The zero-order chi connectivity index (χ0) is 20.1. The van der Waals surface area contributed by atoms with E-state index in [9.17, 15) is 4.79 Å². The first-order valence-electron chi connectivity index (χ1n) is 9.50. The molecule has 0 fully saturated rings. The first kappa shape index (κ1) is 18.6. The van der Waals surface area contributed by atoms with Crippen molar-refractivity contribution in [2.45, 2.75) is 13.5 Å². The number of benzene rings is 2. The van der Waals surface area contributed by atoms with Gasteiger partial charge < -0.3 is 10.2 Å². The largest absolute Gasteiger partial charge is 0.338 e. The second kappa shape index (κ2) is 8.48. The summed E-state index contributed by atoms with van der Waals surface area (Å²) in [5.74, 6) is 0.426. The summed E-state index contributed by atoms with van der Waals surface area (Å²) in [6.07, 6.45) is 3.16. The molecule has 4 aromatic rings. The summed E-state index contributed by atoms with van der Waals surface area (Å²) in [7, 11) is 0. The Hall–Kier alpha value is -3.80. The molecule has 2 heterocycles. The highest BCUT2D eigenvalue weighted by molar-refractivity contribution is 5.94. The summed E-state index contributed by atoms with van der Waals surface area (Å²) in [6, 6.07) is 21.4. The lowest BCUT2D eigenvalue weighted by Crippen LogP contribution is -2.31. The van der Waals surface area contributed by atoms with Crippen LogP contribution in [-0.2, 0) is 6.54 Å². The van der Waals surface area contributed by atoms with E-state index in [4.69, 9.17) is 0 Å². The maximum Gasteiger partial charge on any atom is 0.272 e. The molecule has 6 heteroatoms. The SMILES string of the molecule is CCN(Cc1ccccc1)C(=O)c1cc(Nc2cccc3cccnc23)ncn1. The molecule has 0 spiro atoms. The van der Waals surface area contributed by atoms with Gasteiger partial charge in [0.2, 0.25) is 0 Å². The number of hydrogen-bond donors (Lipinski definition) is 1. The fraction of sp³-hybridized carbons (Fsp3) is 0.130. The van der Waals surface area contributed by atoms with Crippen molar-refractivity contribution >= 4 is 28.3 Å². The average Bonchev–Trinajstić information content (AvgIpc) is 2.78. The number of nitrogens with zero attached hydrogens (tertiary/aromatic N) is 4. The molecule has 2 aromatic heterocycles. The van der Waals surface area contributed by atoms with Crippen LogP contribution in [0.15, 0.2) is 79.3 Å². The Morgan fingerprint density at radius 1 is 0.966 bits per heavy atom. The van der Waals surface area contributed by atoms with Crippen molar-refractivity contribution in [1.29, 1.82) is 0 Å². The smallest absolute Gasteiger partial charge is 0.272 e. The van der Waals surface area contributed by atoms with E-state index in [1.54, 1.807) is 17.2 Å². The fourth-order valence-electron chi connectivity index (χ4n) is 3.18. The van der Waals surface area contributed by atoms with Crippen molar-refractivity contribution in [3.63, 3.8) is 0 Å². The molecule has 0 saturated carbocycles. The Balaban J connectivity index is 1.57. The van der Waals surface area contributed by atoms with Crippen LogP contribution in [-0.4, -0.2) is 32.3 Å². The molecule has 0 unspecified atom stereocenters. The van der Waals surface area contributed by atoms with Crippen LogP contribution in [0.25, 0.3) is 10.9 Å². The molecule has 0 saturated heterocycles. The van der Waals surface area contributed by atoms with Gasteiger partial charge in [-0.05, 0) is 24.6 Å². The minimum absolute atomic E-state index is 0.127. The normalized spacial score (nSPS) is 10.7. The van der Waals surface area contributed by atoms with Gasteiger partial charge in [0.1, 0.15) is 17.8 Å². The number of fused-ring (bicyclic) bond motifs is 1. The minimum atomic E-state index is -0.127. The first-order chi connectivity index (χ1) is 14.2. The highest BCUT2D eigenvalue weighted by Crippen LogP contribution is 2.24. The van der Waals surface area contributed by atoms with Gasteiger partial charge in [-0.25, -0.2) is 9.97 Å². The Morgan fingerprint density at radius 3 is 2.62 bits per heavy atom. The van der Waals surface area contributed by atoms with Gasteiger partial charge in [0.25, 0.3) is 5.91 Å². The Morgan fingerprint density at radius 2 is 1.79 bits per heavy atom. The zero-order valence-electron chi connectivity index (χ0n) is 16.1. The molecule has 0 atom stereocenters. The van der Waals surface area contributed by atoms with Crippen molar-refractivity contribution < 1.29 is 4.79 Å². The van der Waals surface area contributed by atoms with Gasteiger partial charge in [-0.2, -0.15) is 0 Å². The number of carbonyl (C=O) groups is 1. The maximum absolute atomic E-state index is 13.0. The lowest BCUT2D eigenvalue weighted by atomic mass is 10.2. The fourth-order valence-corrected chi connectivity index (χ4v) is 3.18. The van der Waals surface area contributed by atoms with Crippen LogP contribution < -0.4 is 5.32 Å². The predicted octanol–water partition coefficient (Wildman–Crippen LogP) is 4.43. The molecule has 6 nitrogen and oxygen atoms in total. The maximum atomic E-state index is 13.0. The number of anilines is 2. The van der Waals surface area contributed by atoms with Gasteiger partial charge >= 0.3 is 0 Å². The summed E-state index contributed by atoms with van der Waals surface area (Å²) in [6.45, 7) is 3.09. The predicted molar refractivity (Wildman–Crippen MR) is 114 cm³/mol. The number of hydrogen-bond acceptors (Lipinski definition) is 5. The van der Waals surface area contributed by atoms with Crippen molar-refractivity contribution in [1.82, 2.24) is 19.9 Å². The summed E-state index contributed by atoms with van der Waals surface area (Å²) >= 11 is 0. The monoisotopic (exact) mass is 383 g/mol. The van der Waals surface area contributed by atoms with Crippen LogP contribution in [0.5, 0.6) is 0 Å². The quantitative estimate of drug-likeness (QED) is 0.533. The van der Waals surface area contributed by atoms with Crippen molar-refractivity contribution in [2.75, 3.05) is 11.9 Å². The van der Waals surface area contributed by atoms with E-state index in [-0.39, 0.29) is 5.91 Å². The third-order valence-corrected chi connectivity index (χ3v) is 4.67. The minimum Gasteiger partial charge on any atom is -0.338 e. The summed E-state index contributed by atoms with van der Waals surface area (Å²) < 4.78 is 0. The Bertz CT molecular complexity index is 1120. The van der Waals surface area contributed by atoms with E-state index in [0.717, 1.165) is 22.2 Å². The van der Waals surface area contributed by atoms with Crippen molar-refractivity contribution in [3.8, 4) is 0 Å². The molecule has 4 rings (SSSR count). The van der Waals surface area contributed by atoms with Gasteiger partial charge in [0, 0.05) is 30.7 Å². The lowest BCUT2D eigenvalue weighted by Gasteiger charge is -2.20.